The Morgan fingerprint density at radius 2 is 1.62 bits per heavy atom. The van der Waals surface area contributed by atoms with Crippen molar-refractivity contribution in [2.24, 2.45) is 5.41 Å². The molecular weight excluding hydrogens is 701 g/mol. The molecule has 11 heteroatoms. The second-order valence-corrected chi connectivity index (χ2v) is 17.9. The minimum atomic E-state index is -0.623. The van der Waals surface area contributed by atoms with E-state index in [0.29, 0.717) is 49.4 Å². The lowest BCUT2D eigenvalue weighted by atomic mass is 9.68. The molecule has 2 N–H and O–H groups in total. The molecule has 5 heterocycles. The van der Waals surface area contributed by atoms with Gasteiger partial charge in [-0.3, -0.25) is 14.4 Å². The summed E-state index contributed by atoms with van der Waals surface area (Å²) in [7, 11) is 1.65. The van der Waals surface area contributed by atoms with Gasteiger partial charge in [0.05, 0.1) is 23.0 Å². The largest absolute Gasteiger partial charge is 0.355 e. The number of fused-ring (bicyclic) bond motifs is 3. The van der Waals surface area contributed by atoms with Crippen molar-refractivity contribution < 1.29 is 14.4 Å². The van der Waals surface area contributed by atoms with Crippen LogP contribution < -0.4 is 15.5 Å². The third-order valence-electron chi connectivity index (χ3n) is 14.4. The van der Waals surface area contributed by atoms with Crippen molar-refractivity contribution in [3.8, 4) is 11.3 Å². The van der Waals surface area contributed by atoms with E-state index in [4.69, 9.17) is 9.97 Å². The summed E-state index contributed by atoms with van der Waals surface area (Å²) in [6.45, 7) is 7.62. The second-order valence-electron chi connectivity index (χ2n) is 17.9. The fourth-order valence-electron chi connectivity index (χ4n) is 10.5. The van der Waals surface area contributed by atoms with E-state index in [1.165, 1.54) is 19.3 Å². The molecule has 3 aliphatic heterocycles. The van der Waals surface area contributed by atoms with Crippen LogP contribution in [0, 0.1) is 12.3 Å². The average molecular weight is 755 g/mol. The Morgan fingerprint density at radius 3 is 2.32 bits per heavy atom. The van der Waals surface area contributed by atoms with E-state index in [1.54, 1.807) is 7.05 Å². The molecule has 6 aliphatic rings. The Kier molecular flexibility index (Phi) is 8.54. The highest BCUT2D eigenvalue weighted by Crippen LogP contribution is 2.53. The Morgan fingerprint density at radius 1 is 0.857 bits per heavy atom. The summed E-state index contributed by atoms with van der Waals surface area (Å²) in [6.07, 6.45) is 14.3. The highest BCUT2D eigenvalue weighted by atomic mass is 16.2. The van der Waals surface area contributed by atoms with E-state index in [-0.39, 0.29) is 29.2 Å². The number of nitrogens with one attached hydrogen (secondary N) is 2. The number of benzene rings is 2. The molecule has 3 aliphatic carbocycles. The third-order valence-corrected chi connectivity index (χ3v) is 14.4. The van der Waals surface area contributed by atoms with E-state index in [2.05, 4.69) is 56.2 Å². The van der Waals surface area contributed by atoms with Crippen LogP contribution in [0.3, 0.4) is 0 Å². The first-order valence-corrected chi connectivity index (χ1v) is 21.2. The zero-order valence-electron chi connectivity index (χ0n) is 33.1. The van der Waals surface area contributed by atoms with Gasteiger partial charge in [-0.05, 0) is 120 Å². The summed E-state index contributed by atoms with van der Waals surface area (Å²) < 4.78 is 2.23. The van der Waals surface area contributed by atoms with Crippen LogP contribution in [-0.4, -0.2) is 87.4 Å². The van der Waals surface area contributed by atoms with Crippen LogP contribution >= 0.6 is 0 Å². The molecule has 5 fully saturated rings. The van der Waals surface area contributed by atoms with Crippen LogP contribution in [0.4, 0.5) is 17.2 Å². The SMILES string of the molecule is CNC(=O)c1cc(Nc2nc(-c3ccc4c(c3)N([C@H]3C[C@@H](N5CCCCC5)C3)C(=O)C43CCN(C(=O)C4(C)CCC4)CC3)cc3ncn(C4CC4)c23)ccc1C. The van der Waals surface area contributed by atoms with Crippen molar-refractivity contribution in [1.29, 1.82) is 0 Å². The fourth-order valence-corrected chi connectivity index (χ4v) is 10.5. The number of likely N-dealkylation sites (tertiary alicyclic amines) is 2. The van der Waals surface area contributed by atoms with E-state index in [9.17, 15) is 9.59 Å². The van der Waals surface area contributed by atoms with Crippen LogP contribution in [0.5, 0.6) is 0 Å². The standard InChI is InChI=1S/C45H54N8O3/c1-28-8-10-30(23-34(28)41(54)46-3)48-40-39-37(47-27-52(39)31-11-12-31)26-36(49-40)29-9-13-35-38(22-29)53(33-24-32(25-33)50-18-5-4-6-19-50)43(56)45(35)16-20-51(21-17-45)42(55)44(2)14-7-15-44/h8-10,13,22-23,26-27,31-33H,4-7,11-12,14-21,24-25H2,1-3H3,(H,46,54)(H,48,49)/t32-,33+. The monoisotopic (exact) mass is 754 g/mol. The predicted octanol–water partition coefficient (Wildman–Crippen LogP) is 7.26. The smallest absolute Gasteiger partial charge is 0.251 e. The van der Waals surface area contributed by atoms with Gasteiger partial charge in [0.25, 0.3) is 5.91 Å². The van der Waals surface area contributed by atoms with Crippen LogP contribution in [0.2, 0.25) is 0 Å². The van der Waals surface area contributed by atoms with Crippen LogP contribution in [-0.2, 0) is 15.0 Å². The highest BCUT2D eigenvalue weighted by molar-refractivity contribution is 6.09. The molecule has 2 saturated heterocycles. The number of carbonyl (C=O) groups is 3. The zero-order valence-corrected chi connectivity index (χ0v) is 33.1. The van der Waals surface area contributed by atoms with Gasteiger partial charge >= 0.3 is 0 Å². The molecule has 56 heavy (non-hydrogen) atoms. The number of imidazole rings is 1. The molecule has 2 aromatic heterocycles. The van der Waals surface area contributed by atoms with E-state index in [1.807, 2.05) is 36.4 Å². The van der Waals surface area contributed by atoms with Crippen molar-refractivity contribution >= 4 is 45.9 Å². The van der Waals surface area contributed by atoms with Gasteiger partial charge in [0.1, 0.15) is 5.52 Å². The molecule has 3 saturated carbocycles. The lowest BCUT2D eigenvalue weighted by Crippen LogP contribution is -2.59. The predicted molar refractivity (Wildman–Crippen MR) is 218 cm³/mol. The minimum absolute atomic E-state index is 0.130. The molecule has 0 unspecified atom stereocenters. The van der Waals surface area contributed by atoms with Crippen LogP contribution in [0.25, 0.3) is 22.3 Å². The molecule has 0 radical (unpaired) electrons. The van der Waals surface area contributed by atoms with Gasteiger partial charge in [-0.1, -0.05) is 38.0 Å². The van der Waals surface area contributed by atoms with E-state index < -0.39 is 5.41 Å². The zero-order chi connectivity index (χ0) is 38.3. The molecule has 3 amide bonds. The van der Waals surface area contributed by atoms with Gasteiger partial charge in [-0.25, -0.2) is 9.97 Å². The first-order valence-electron chi connectivity index (χ1n) is 21.2. The highest BCUT2D eigenvalue weighted by Gasteiger charge is 2.56. The Balaban J connectivity index is 1.01. The van der Waals surface area contributed by atoms with Gasteiger partial charge in [0.2, 0.25) is 11.8 Å². The Hall–Kier alpha value is -4.77. The lowest BCUT2D eigenvalue weighted by Gasteiger charge is -2.48. The van der Waals surface area contributed by atoms with Gasteiger partial charge in [0, 0.05) is 66.2 Å². The topological polar surface area (TPSA) is 116 Å². The van der Waals surface area contributed by atoms with Crippen molar-refractivity contribution in [1.82, 2.24) is 29.7 Å². The summed E-state index contributed by atoms with van der Waals surface area (Å²) in [6, 6.07) is 15.5. The summed E-state index contributed by atoms with van der Waals surface area (Å²) in [4.78, 5) is 58.3. The van der Waals surface area contributed by atoms with E-state index in [0.717, 1.165) is 103 Å². The number of pyridine rings is 1. The van der Waals surface area contributed by atoms with Crippen molar-refractivity contribution in [2.75, 3.05) is 43.4 Å². The van der Waals surface area contributed by atoms with Crippen LogP contribution in [0.1, 0.15) is 112 Å². The molecular formula is C45H54N8O3. The number of aryl methyl sites for hydroxylation is 1. The quantitative estimate of drug-likeness (QED) is 0.195. The lowest BCUT2D eigenvalue weighted by molar-refractivity contribution is -0.148. The summed E-state index contributed by atoms with van der Waals surface area (Å²) in [5, 5.41) is 6.34. The average Bonchev–Trinajstić information content (AvgIpc) is 3.91. The fraction of sp³-hybridized carbons (Fsp3) is 0.533. The number of piperidine rings is 2. The van der Waals surface area contributed by atoms with Crippen LogP contribution in [0.15, 0.2) is 48.8 Å². The molecule has 10 rings (SSSR count). The van der Waals surface area contributed by atoms with Gasteiger partial charge < -0.3 is 29.9 Å². The molecule has 292 valence electrons. The van der Waals surface area contributed by atoms with Gasteiger partial charge in [-0.2, -0.15) is 0 Å². The van der Waals surface area contributed by atoms with Gasteiger partial charge in [-0.15, -0.1) is 0 Å². The van der Waals surface area contributed by atoms with E-state index >= 15 is 4.79 Å². The Labute approximate surface area is 329 Å². The summed E-state index contributed by atoms with van der Waals surface area (Å²) in [5.74, 6) is 1.05. The summed E-state index contributed by atoms with van der Waals surface area (Å²) in [5.41, 5.74) is 7.08. The normalized spacial score (nSPS) is 24.2. The van der Waals surface area contributed by atoms with Crippen molar-refractivity contribution in [3.63, 3.8) is 0 Å². The number of carbonyl (C=O) groups excluding carboxylic acids is 3. The number of anilines is 3. The Bertz CT molecular complexity index is 2230. The molecule has 2 aromatic carbocycles. The molecule has 11 nitrogen and oxygen atoms in total. The van der Waals surface area contributed by atoms with Crippen molar-refractivity contribution in [3.05, 3.63) is 65.5 Å². The molecule has 4 aromatic rings. The maximum absolute atomic E-state index is 15.0. The first kappa shape index (κ1) is 35.6. The summed E-state index contributed by atoms with van der Waals surface area (Å²) >= 11 is 0. The minimum Gasteiger partial charge on any atom is -0.355 e. The number of amides is 3. The third kappa shape index (κ3) is 5.74. The van der Waals surface area contributed by atoms with Crippen molar-refractivity contribution in [2.45, 2.75) is 114 Å². The maximum atomic E-state index is 15.0. The second kappa shape index (κ2) is 13.4. The number of nitrogens with zero attached hydrogens (tertiary/aromatic N) is 6. The number of hydrogen-bond donors (Lipinski definition) is 2. The molecule has 0 bridgehead atoms. The molecule has 1 spiro atoms. The molecule has 0 atom stereocenters. The number of hydrogen-bond acceptors (Lipinski definition) is 7. The maximum Gasteiger partial charge on any atom is 0.251 e. The van der Waals surface area contributed by atoms with Gasteiger partial charge in [0.15, 0.2) is 5.82 Å². The first-order chi connectivity index (χ1) is 27.2. The number of rotatable bonds is 8. The number of aromatic nitrogens is 3.